The quantitative estimate of drug-likeness (QED) is 0.136. The molecule has 0 N–H and O–H groups in total. The Bertz CT molecular complexity index is 3360. The van der Waals surface area contributed by atoms with Crippen molar-refractivity contribution in [2.45, 2.75) is 0 Å². The normalized spacial score (nSPS) is 12.2. The number of benzene rings is 10. The third-order valence-electron chi connectivity index (χ3n) is 11.3. The molecule has 0 radical (unpaired) electrons. The molecular weight excluding hydrogens is 631 g/mol. The fourth-order valence-electron chi connectivity index (χ4n) is 9.21. The summed E-state index contributed by atoms with van der Waals surface area (Å²) in [5.41, 5.74) is 10.4. The number of aromatic nitrogens is 1. The number of para-hydroxylation sites is 1. The second-order valence-corrected chi connectivity index (χ2v) is 14.0. The third-order valence-corrected chi connectivity index (χ3v) is 11.3. The summed E-state index contributed by atoms with van der Waals surface area (Å²) >= 11 is 0. The maximum atomic E-state index is 6.37. The summed E-state index contributed by atoms with van der Waals surface area (Å²) < 4.78 is 8.84. The van der Waals surface area contributed by atoms with E-state index < -0.39 is 0 Å². The van der Waals surface area contributed by atoms with E-state index in [9.17, 15) is 0 Å². The standard InChI is InChI=1S/C50H29NO/c1-2-16-34-30(12-1)26-27-41-35-17-7-8-23-43(35)51(50(34)41)33-15-9-13-31(28-33)46-36-18-3-5-20-38(36)48(39-21-6-4-19-37(39)46)42-29-32-14-10-24-44-47(32)49-40(42)22-11-25-45(49)52-44/h1-29H. The molecule has 10 aromatic carbocycles. The van der Waals surface area contributed by atoms with Crippen LogP contribution in [-0.2, 0) is 0 Å². The number of hydrogen-bond donors (Lipinski definition) is 0. The number of hydrogen-bond acceptors (Lipinski definition) is 1. The van der Waals surface area contributed by atoms with Crippen LogP contribution in [0.1, 0.15) is 0 Å². The third kappa shape index (κ3) is 3.68. The lowest BCUT2D eigenvalue weighted by Gasteiger charge is -2.20. The SMILES string of the molecule is c1cc(-c2c3ccccc3c(-c3cc4cccc5oc6cccc3c6c45)c3ccccc23)cc(-n2c3ccccc3c3ccc4ccccc4c32)c1. The minimum atomic E-state index is 0.936. The zero-order chi connectivity index (χ0) is 33.9. The van der Waals surface area contributed by atoms with Crippen molar-refractivity contribution in [3.05, 3.63) is 176 Å². The van der Waals surface area contributed by atoms with Crippen LogP contribution in [0.25, 0.3) is 115 Å². The molecule has 0 spiro atoms. The Morgan fingerprint density at radius 1 is 0.365 bits per heavy atom. The summed E-state index contributed by atoms with van der Waals surface area (Å²) in [5.74, 6) is 0. The monoisotopic (exact) mass is 659 g/mol. The molecule has 12 rings (SSSR count). The number of furan rings is 1. The number of fused-ring (bicyclic) bond motifs is 7. The largest absolute Gasteiger partial charge is 0.456 e. The van der Waals surface area contributed by atoms with E-state index in [0.717, 1.165) is 16.9 Å². The molecule has 2 aromatic heterocycles. The van der Waals surface area contributed by atoms with Gasteiger partial charge in [-0.05, 0) is 96.4 Å². The van der Waals surface area contributed by atoms with Crippen LogP contribution in [0, 0.1) is 0 Å². The molecule has 0 unspecified atom stereocenters. The van der Waals surface area contributed by atoms with Crippen molar-refractivity contribution >= 4 is 86.8 Å². The van der Waals surface area contributed by atoms with E-state index in [1.54, 1.807) is 0 Å². The van der Waals surface area contributed by atoms with E-state index in [0.29, 0.717) is 0 Å². The first kappa shape index (κ1) is 27.9. The zero-order valence-electron chi connectivity index (χ0n) is 28.1. The van der Waals surface area contributed by atoms with Gasteiger partial charge in [0.1, 0.15) is 11.2 Å². The van der Waals surface area contributed by atoms with Crippen molar-refractivity contribution in [3.8, 4) is 27.9 Å². The lowest BCUT2D eigenvalue weighted by Crippen LogP contribution is -1.96. The van der Waals surface area contributed by atoms with Gasteiger partial charge in [0.2, 0.25) is 0 Å². The molecule has 0 aliphatic heterocycles. The molecule has 0 saturated carbocycles. The fraction of sp³-hybridized carbons (Fsp3) is 0. The van der Waals surface area contributed by atoms with Crippen molar-refractivity contribution in [2.75, 3.05) is 0 Å². The Morgan fingerprint density at radius 2 is 0.962 bits per heavy atom. The molecule has 0 aliphatic rings. The summed E-state index contributed by atoms with van der Waals surface area (Å²) in [6.45, 7) is 0. The lowest BCUT2D eigenvalue weighted by atomic mass is 9.84. The molecule has 0 saturated heterocycles. The molecule has 2 nitrogen and oxygen atoms in total. The molecule has 0 amide bonds. The van der Waals surface area contributed by atoms with Gasteiger partial charge in [-0.3, -0.25) is 0 Å². The van der Waals surface area contributed by atoms with Gasteiger partial charge in [0.05, 0.1) is 11.0 Å². The Balaban J connectivity index is 1.17. The predicted octanol–water partition coefficient (Wildman–Crippen LogP) is 14.1. The van der Waals surface area contributed by atoms with Crippen LogP contribution in [-0.4, -0.2) is 4.57 Å². The van der Waals surface area contributed by atoms with Gasteiger partial charge < -0.3 is 8.98 Å². The minimum absolute atomic E-state index is 0.936. The average Bonchev–Trinajstić information content (AvgIpc) is 3.76. The first-order chi connectivity index (χ1) is 25.8. The highest BCUT2D eigenvalue weighted by atomic mass is 16.3. The van der Waals surface area contributed by atoms with Gasteiger partial charge in [-0.1, -0.05) is 140 Å². The van der Waals surface area contributed by atoms with Crippen LogP contribution >= 0.6 is 0 Å². The summed E-state index contributed by atoms with van der Waals surface area (Å²) in [6, 6.07) is 64.4. The second kappa shape index (κ2) is 10.3. The van der Waals surface area contributed by atoms with Gasteiger partial charge in [-0.25, -0.2) is 0 Å². The van der Waals surface area contributed by atoms with Gasteiger partial charge in [0.15, 0.2) is 0 Å². The van der Waals surface area contributed by atoms with Crippen LogP contribution in [0.4, 0.5) is 0 Å². The summed E-state index contributed by atoms with van der Waals surface area (Å²) in [5, 5.41) is 14.8. The molecule has 52 heavy (non-hydrogen) atoms. The molecular formula is C50H29NO. The van der Waals surface area contributed by atoms with Crippen LogP contribution in [0.5, 0.6) is 0 Å². The Labute approximate surface area is 298 Å². The highest BCUT2D eigenvalue weighted by Gasteiger charge is 2.22. The van der Waals surface area contributed by atoms with Crippen molar-refractivity contribution in [3.63, 3.8) is 0 Å². The second-order valence-electron chi connectivity index (χ2n) is 14.0. The van der Waals surface area contributed by atoms with E-state index in [2.05, 4.69) is 180 Å². The maximum Gasteiger partial charge on any atom is 0.136 e. The number of nitrogens with zero attached hydrogens (tertiary/aromatic N) is 1. The molecule has 12 aromatic rings. The predicted molar refractivity (Wildman–Crippen MR) is 220 cm³/mol. The van der Waals surface area contributed by atoms with E-state index in [-0.39, 0.29) is 0 Å². The van der Waals surface area contributed by atoms with Crippen molar-refractivity contribution in [1.29, 1.82) is 0 Å². The Hall–Kier alpha value is -6.90. The van der Waals surface area contributed by atoms with Crippen LogP contribution in [0.3, 0.4) is 0 Å². The fourth-order valence-corrected chi connectivity index (χ4v) is 9.21. The van der Waals surface area contributed by atoms with Crippen molar-refractivity contribution in [1.82, 2.24) is 4.57 Å². The molecule has 0 bridgehead atoms. The van der Waals surface area contributed by atoms with E-state index in [4.69, 9.17) is 4.42 Å². The topological polar surface area (TPSA) is 18.1 Å². The van der Waals surface area contributed by atoms with Gasteiger partial charge in [0.25, 0.3) is 0 Å². The van der Waals surface area contributed by atoms with E-state index >= 15 is 0 Å². The van der Waals surface area contributed by atoms with Crippen LogP contribution < -0.4 is 0 Å². The smallest absolute Gasteiger partial charge is 0.136 e. The van der Waals surface area contributed by atoms with Crippen molar-refractivity contribution < 1.29 is 4.42 Å². The van der Waals surface area contributed by atoms with Crippen molar-refractivity contribution in [2.24, 2.45) is 0 Å². The first-order valence-electron chi connectivity index (χ1n) is 17.9. The highest BCUT2D eigenvalue weighted by Crippen LogP contribution is 2.49. The van der Waals surface area contributed by atoms with E-state index in [1.807, 2.05) is 0 Å². The van der Waals surface area contributed by atoms with Gasteiger partial charge in [-0.15, -0.1) is 0 Å². The number of rotatable bonds is 3. The molecule has 2 heteroatoms. The van der Waals surface area contributed by atoms with Gasteiger partial charge in [-0.2, -0.15) is 0 Å². The molecule has 2 heterocycles. The zero-order valence-corrected chi connectivity index (χ0v) is 28.1. The van der Waals surface area contributed by atoms with Crippen LogP contribution in [0.2, 0.25) is 0 Å². The summed E-state index contributed by atoms with van der Waals surface area (Å²) in [7, 11) is 0. The van der Waals surface area contributed by atoms with Gasteiger partial charge >= 0.3 is 0 Å². The Morgan fingerprint density at radius 3 is 1.75 bits per heavy atom. The first-order valence-corrected chi connectivity index (χ1v) is 17.9. The minimum Gasteiger partial charge on any atom is -0.456 e. The average molecular weight is 660 g/mol. The molecule has 0 atom stereocenters. The summed E-state index contributed by atoms with van der Waals surface area (Å²) in [6.07, 6.45) is 0. The Kier molecular flexibility index (Phi) is 5.53. The lowest BCUT2D eigenvalue weighted by molar-refractivity contribution is 0.669. The van der Waals surface area contributed by atoms with Crippen LogP contribution in [0.15, 0.2) is 180 Å². The molecule has 240 valence electrons. The maximum absolute atomic E-state index is 6.37. The highest BCUT2D eigenvalue weighted by molar-refractivity contribution is 6.30. The molecule has 0 fully saturated rings. The molecule has 0 aliphatic carbocycles. The van der Waals surface area contributed by atoms with Gasteiger partial charge in [0, 0.05) is 32.6 Å². The van der Waals surface area contributed by atoms with E-state index in [1.165, 1.54) is 97.9 Å². The summed E-state index contributed by atoms with van der Waals surface area (Å²) in [4.78, 5) is 0.